The lowest BCUT2D eigenvalue weighted by Crippen LogP contribution is -2.27. The molecule has 6 nitrogen and oxygen atoms in total. The van der Waals surface area contributed by atoms with Gasteiger partial charge in [0.1, 0.15) is 5.82 Å². The number of halogens is 4. The minimum absolute atomic E-state index is 0.133. The molecule has 3 aromatic carbocycles. The number of nitrogens with zero attached hydrogens (tertiary/aromatic N) is 3. The van der Waals surface area contributed by atoms with Crippen LogP contribution in [-0.4, -0.2) is 9.79 Å². The lowest BCUT2D eigenvalue weighted by atomic mass is 9.96. The quantitative estimate of drug-likeness (QED) is 0.351. The van der Waals surface area contributed by atoms with Crippen LogP contribution in [0.15, 0.2) is 81.5 Å². The first-order valence-electron chi connectivity index (χ1n) is 9.80. The van der Waals surface area contributed by atoms with Crippen LogP contribution in [0.25, 0.3) is 0 Å². The second-order valence-corrected chi connectivity index (χ2v) is 10.0. The van der Waals surface area contributed by atoms with Crippen molar-refractivity contribution in [3.63, 3.8) is 0 Å². The molecule has 0 spiro atoms. The van der Waals surface area contributed by atoms with E-state index in [1.165, 1.54) is 24.3 Å². The van der Waals surface area contributed by atoms with Gasteiger partial charge in [0.05, 0.1) is 18.3 Å². The summed E-state index contributed by atoms with van der Waals surface area (Å²) in [6.45, 7) is 0.417. The Bertz CT molecular complexity index is 1250. The highest BCUT2D eigenvalue weighted by Crippen LogP contribution is 2.60. The van der Waals surface area contributed by atoms with Crippen LogP contribution in [0, 0.1) is 5.82 Å². The molecule has 0 fully saturated rings. The van der Waals surface area contributed by atoms with E-state index in [9.17, 15) is 17.7 Å². The minimum Gasteiger partial charge on any atom is -0.320 e. The molecule has 0 aromatic heterocycles. The largest absolute Gasteiger partial charge is 0.399 e. The molecule has 1 heterocycles. The second kappa shape index (κ2) is 9.02. The van der Waals surface area contributed by atoms with E-state index in [0.717, 1.165) is 22.9 Å². The van der Waals surface area contributed by atoms with Gasteiger partial charge in [-0.1, -0.05) is 63.6 Å². The molecule has 1 aliphatic rings. The van der Waals surface area contributed by atoms with Crippen molar-refractivity contribution in [1.82, 2.24) is 0 Å². The maximum absolute atomic E-state index is 14.2. The Morgan fingerprint density at radius 3 is 2.45 bits per heavy atom. The average molecular weight is 540 g/mol. The van der Waals surface area contributed by atoms with Gasteiger partial charge in [0.15, 0.2) is 0 Å². The Labute approximate surface area is 196 Å². The van der Waals surface area contributed by atoms with Crippen molar-refractivity contribution in [3.05, 3.63) is 99.3 Å². The first-order valence-corrected chi connectivity index (χ1v) is 12.2. The number of benzene rings is 3. The predicted octanol–water partition coefficient (Wildman–Crippen LogP) is 6.49. The number of para-hydroxylation sites is 1. The van der Waals surface area contributed by atoms with Crippen molar-refractivity contribution in [3.8, 4) is 0 Å². The molecule has 0 saturated heterocycles. The number of hydrogen-bond acceptors (Lipinski definition) is 4. The van der Waals surface area contributed by atoms with Gasteiger partial charge in [-0.2, -0.15) is 13.9 Å². The van der Waals surface area contributed by atoms with E-state index in [-0.39, 0.29) is 10.9 Å². The predicted molar refractivity (Wildman–Crippen MR) is 120 cm³/mol. The van der Waals surface area contributed by atoms with Crippen molar-refractivity contribution in [2.45, 2.75) is 24.7 Å². The number of fused-ring (bicyclic) bond motifs is 1. The van der Waals surface area contributed by atoms with Crippen LogP contribution in [0.5, 0.6) is 0 Å². The highest BCUT2D eigenvalue weighted by molar-refractivity contribution is 9.10. The normalized spacial score (nSPS) is 14.8. The molecule has 172 valence electrons. The lowest BCUT2D eigenvalue weighted by molar-refractivity contribution is 0.0557. The van der Waals surface area contributed by atoms with E-state index in [1.54, 1.807) is 17.1 Å². The topological polar surface area (TPSA) is 85.5 Å². The van der Waals surface area contributed by atoms with Crippen molar-refractivity contribution >= 4 is 29.2 Å². The Kier molecular flexibility index (Phi) is 6.46. The van der Waals surface area contributed by atoms with Crippen molar-refractivity contribution in [2.75, 3.05) is 5.01 Å². The molecule has 4 rings (SSSR count). The minimum atomic E-state index is -5.71. The summed E-state index contributed by atoms with van der Waals surface area (Å²) in [4.78, 5) is 18.1. The van der Waals surface area contributed by atoms with Crippen LogP contribution in [0.3, 0.4) is 0 Å². The fourth-order valence-electron chi connectivity index (χ4n) is 3.66. The van der Waals surface area contributed by atoms with Gasteiger partial charge in [0.25, 0.3) is 0 Å². The van der Waals surface area contributed by atoms with Crippen molar-refractivity contribution in [2.24, 2.45) is 10.3 Å². The van der Waals surface area contributed by atoms with E-state index in [4.69, 9.17) is 9.79 Å². The van der Waals surface area contributed by atoms with Gasteiger partial charge in [-0.3, -0.25) is 4.57 Å². The van der Waals surface area contributed by atoms with Gasteiger partial charge < -0.3 is 9.79 Å². The number of hydrogen-bond donors (Lipinski definition) is 2. The molecule has 0 bridgehead atoms. The molecule has 1 unspecified atom stereocenters. The van der Waals surface area contributed by atoms with Crippen LogP contribution in [-0.2, 0) is 23.2 Å². The highest BCUT2D eigenvalue weighted by atomic mass is 79.9. The first kappa shape index (κ1) is 23.6. The van der Waals surface area contributed by atoms with Crippen molar-refractivity contribution < 1.29 is 27.5 Å². The summed E-state index contributed by atoms with van der Waals surface area (Å²) in [5.74, 6) is -0.398. The molecular formula is C22H18BrF3N3O3P. The van der Waals surface area contributed by atoms with Crippen LogP contribution in [0.2, 0.25) is 0 Å². The molecule has 11 heteroatoms. The molecule has 0 amide bonds. The Balaban J connectivity index is 1.73. The maximum Gasteiger partial charge on any atom is 0.399 e. The highest BCUT2D eigenvalue weighted by Gasteiger charge is 2.51. The zero-order valence-electron chi connectivity index (χ0n) is 16.9. The maximum atomic E-state index is 14.2. The standard InChI is InChI=1S/C22H18BrF3N3O3P/c23-19-11-14(5-10-18(19)22(25,26)33(30,31)32)12-21(15-6-8-17(24)9-7-15)29-20-4-2-1-3-16(20)13-27-28-29/h1-11,21H,12-13H2,(H2,30,31,32). The van der Waals surface area contributed by atoms with Gasteiger partial charge in [-0.05, 0) is 41.8 Å². The third kappa shape index (κ3) is 4.75. The van der Waals surface area contributed by atoms with Gasteiger partial charge in [-0.25, -0.2) is 9.40 Å². The van der Waals surface area contributed by atoms with Gasteiger partial charge >= 0.3 is 13.3 Å². The van der Waals surface area contributed by atoms with Gasteiger partial charge in [0, 0.05) is 15.6 Å². The van der Waals surface area contributed by atoms with E-state index in [0.29, 0.717) is 12.1 Å². The lowest BCUT2D eigenvalue weighted by Gasteiger charge is -2.32. The Morgan fingerprint density at radius 1 is 1.09 bits per heavy atom. The van der Waals surface area contributed by atoms with Gasteiger partial charge in [-0.15, -0.1) is 0 Å². The summed E-state index contributed by atoms with van der Waals surface area (Å²) in [5.41, 5.74) is -2.03. The Hall–Kier alpha value is -2.52. The number of rotatable bonds is 6. The molecule has 2 N–H and O–H groups in total. The van der Waals surface area contributed by atoms with E-state index in [1.807, 2.05) is 24.3 Å². The molecule has 0 aliphatic carbocycles. The fraction of sp³-hybridized carbons (Fsp3) is 0.182. The van der Waals surface area contributed by atoms with Crippen LogP contribution in [0.1, 0.15) is 28.3 Å². The van der Waals surface area contributed by atoms with Crippen LogP contribution in [0.4, 0.5) is 18.9 Å². The average Bonchev–Trinajstić information content (AvgIpc) is 2.77. The van der Waals surface area contributed by atoms with Crippen LogP contribution >= 0.6 is 23.5 Å². The summed E-state index contributed by atoms with van der Waals surface area (Å²) < 4.78 is 53.1. The molecule has 1 atom stereocenters. The summed E-state index contributed by atoms with van der Waals surface area (Å²) in [6.07, 6.45) is 0.277. The first-order chi connectivity index (χ1) is 15.6. The third-order valence-corrected chi connectivity index (χ3v) is 6.97. The van der Waals surface area contributed by atoms with E-state index in [2.05, 4.69) is 26.3 Å². The molecule has 1 aliphatic heterocycles. The number of alkyl halides is 2. The number of anilines is 1. The zero-order valence-corrected chi connectivity index (χ0v) is 19.4. The van der Waals surface area contributed by atoms with Crippen LogP contribution < -0.4 is 5.01 Å². The van der Waals surface area contributed by atoms with Gasteiger partial charge in [0.2, 0.25) is 0 Å². The molecule has 33 heavy (non-hydrogen) atoms. The monoisotopic (exact) mass is 539 g/mol. The fourth-order valence-corrected chi connectivity index (χ4v) is 5.00. The zero-order chi connectivity index (χ0) is 23.8. The summed E-state index contributed by atoms with van der Waals surface area (Å²) >= 11 is 3.02. The van der Waals surface area contributed by atoms with E-state index < -0.39 is 30.7 Å². The third-order valence-electron chi connectivity index (χ3n) is 5.34. The second-order valence-electron chi connectivity index (χ2n) is 7.53. The SMILES string of the molecule is O=P(O)(O)C(F)(F)c1ccc(CC(c2ccc(F)cc2)N2N=NCc3ccccc32)cc1Br. The van der Waals surface area contributed by atoms with Crippen molar-refractivity contribution in [1.29, 1.82) is 0 Å². The molecule has 0 saturated carbocycles. The summed E-state index contributed by atoms with van der Waals surface area (Å²) in [6, 6.07) is 16.8. The molecular weight excluding hydrogens is 522 g/mol. The van der Waals surface area contributed by atoms with E-state index >= 15 is 0 Å². The molecule has 3 aromatic rings. The summed E-state index contributed by atoms with van der Waals surface area (Å²) in [7, 11) is -5.71. The Morgan fingerprint density at radius 2 is 1.79 bits per heavy atom. The smallest absolute Gasteiger partial charge is 0.320 e. The molecule has 0 radical (unpaired) electrons. The summed E-state index contributed by atoms with van der Waals surface area (Å²) in [5, 5.41) is 10.2.